The van der Waals surface area contributed by atoms with Crippen LogP contribution in [0.1, 0.15) is 47.8 Å². The fraction of sp³-hybridized carbons (Fsp3) is 0.474. The summed E-state index contributed by atoms with van der Waals surface area (Å²) in [4.78, 5) is 16.8. The molecule has 2 aliphatic carbocycles. The molecule has 2 fully saturated rings. The van der Waals surface area contributed by atoms with Crippen LogP contribution in [0.5, 0.6) is 0 Å². The topological polar surface area (TPSA) is 67.2 Å². The van der Waals surface area contributed by atoms with Crippen molar-refractivity contribution >= 4 is 5.91 Å². The van der Waals surface area contributed by atoms with E-state index < -0.39 is 0 Å². The molecule has 0 aromatic carbocycles. The molecule has 0 aliphatic heterocycles. The molecule has 2 aromatic heterocycles. The summed E-state index contributed by atoms with van der Waals surface area (Å²) in [5, 5.41) is 12.9. The molecule has 5 nitrogen and oxygen atoms in total. The minimum absolute atomic E-state index is 0.00709. The molecule has 2 heterocycles. The average molecular weight is 325 g/mol. The summed E-state index contributed by atoms with van der Waals surface area (Å²) in [5.74, 6) is 0.328. The molecule has 1 atom stereocenters. The van der Waals surface area contributed by atoms with Gasteiger partial charge in [0, 0.05) is 30.7 Å². The zero-order chi connectivity index (χ0) is 16.5. The Morgan fingerprint density at radius 3 is 2.71 bits per heavy atom. The Hall–Kier alpha value is -2.14. The number of rotatable bonds is 6. The maximum Gasteiger partial charge on any atom is 0.268 e. The van der Waals surface area contributed by atoms with E-state index in [9.17, 15) is 9.90 Å². The second kappa shape index (κ2) is 6.40. The highest BCUT2D eigenvalue weighted by molar-refractivity contribution is 5.93. The van der Waals surface area contributed by atoms with Gasteiger partial charge in [-0.3, -0.25) is 9.78 Å². The summed E-state index contributed by atoms with van der Waals surface area (Å²) in [7, 11) is 0. The van der Waals surface area contributed by atoms with Gasteiger partial charge < -0.3 is 15.0 Å². The number of carbonyl (C=O) groups is 1. The van der Waals surface area contributed by atoms with Crippen LogP contribution in [0.3, 0.4) is 0 Å². The van der Waals surface area contributed by atoms with E-state index in [1.54, 1.807) is 12.4 Å². The third-order valence-corrected chi connectivity index (χ3v) is 5.19. The summed E-state index contributed by atoms with van der Waals surface area (Å²) in [6.45, 7) is 0. The Morgan fingerprint density at radius 2 is 2.04 bits per heavy atom. The Balaban J connectivity index is 1.48. The zero-order valence-electron chi connectivity index (χ0n) is 13.6. The Labute approximate surface area is 141 Å². The average Bonchev–Trinajstić information content (AvgIpc) is 3.29. The summed E-state index contributed by atoms with van der Waals surface area (Å²) in [5.41, 5.74) is 1.91. The monoisotopic (exact) mass is 325 g/mol. The predicted molar refractivity (Wildman–Crippen MR) is 90.6 cm³/mol. The van der Waals surface area contributed by atoms with Crippen molar-refractivity contribution < 1.29 is 9.90 Å². The zero-order valence-corrected chi connectivity index (χ0v) is 13.6. The van der Waals surface area contributed by atoms with Gasteiger partial charge in [0.2, 0.25) is 0 Å². The van der Waals surface area contributed by atoms with Crippen molar-refractivity contribution in [2.24, 2.45) is 5.92 Å². The molecule has 2 saturated carbocycles. The van der Waals surface area contributed by atoms with E-state index >= 15 is 0 Å². The molecule has 5 heteroatoms. The minimum Gasteiger partial charge on any atom is -0.393 e. The Bertz CT molecular complexity index is 702. The number of aromatic nitrogens is 2. The second-order valence-electron chi connectivity index (χ2n) is 7.06. The SMILES string of the molecule is O=C(NC(Cc1ccncc1)C1CC(O)C1)c1cccn1C1CC1. The van der Waals surface area contributed by atoms with Gasteiger partial charge in [-0.25, -0.2) is 0 Å². The lowest BCUT2D eigenvalue weighted by Gasteiger charge is -2.38. The first-order valence-electron chi connectivity index (χ1n) is 8.75. The lowest BCUT2D eigenvalue weighted by Crippen LogP contribution is -2.48. The largest absolute Gasteiger partial charge is 0.393 e. The lowest BCUT2D eigenvalue weighted by molar-refractivity contribution is 0.0238. The van der Waals surface area contributed by atoms with Crippen LogP contribution in [0.25, 0.3) is 0 Å². The molecular weight excluding hydrogens is 302 g/mol. The Kier molecular flexibility index (Phi) is 4.10. The van der Waals surface area contributed by atoms with Crippen LogP contribution in [-0.4, -0.2) is 32.7 Å². The quantitative estimate of drug-likeness (QED) is 0.856. The van der Waals surface area contributed by atoms with Crippen molar-refractivity contribution in [2.45, 2.75) is 50.3 Å². The second-order valence-corrected chi connectivity index (χ2v) is 7.06. The van der Waals surface area contributed by atoms with E-state index in [0.717, 1.165) is 43.4 Å². The van der Waals surface area contributed by atoms with Gasteiger partial charge in [0.15, 0.2) is 0 Å². The standard InChI is InChI=1S/C19H23N3O2/c23-16-11-14(12-16)17(10-13-5-7-20-8-6-13)21-19(24)18-2-1-9-22(18)15-3-4-15/h1-2,5-9,14-17,23H,3-4,10-12H2,(H,21,24). The van der Waals surface area contributed by atoms with E-state index in [1.165, 1.54) is 0 Å². The molecule has 1 amide bonds. The van der Waals surface area contributed by atoms with Crippen molar-refractivity contribution in [3.63, 3.8) is 0 Å². The molecule has 1 unspecified atom stereocenters. The number of pyridine rings is 1. The number of hydrogen-bond acceptors (Lipinski definition) is 3. The van der Waals surface area contributed by atoms with E-state index in [-0.39, 0.29) is 18.1 Å². The molecular formula is C19H23N3O2. The summed E-state index contributed by atoms with van der Waals surface area (Å²) < 4.78 is 2.09. The highest BCUT2D eigenvalue weighted by Gasteiger charge is 2.35. The predicted octanol–water partition coefficient (Wildman–Crippen LogP) is 2.33. The summed E-state index contributed by atoms with van der Waals surface area (Å²) >= 11 is 0. The fourth-order valence-corrected chi connectivity index (χ4v) is 3.57. The van der Waals surface area contributed by atoms with Crippen molar-refractivity contribution in [1.29, 1.82) is 0 Å². The highest BCUT2D eigenvalue weighted by Crippen LogP contribution is 2.36. The smallest absolute Gasteiger partial charge is 0.268 e. The molecule has 2 aromatic rings. The van der Waals surface area contributed by atoms with E-state index in [0.29, 0.717) is 12.0 Å². The molecule has 4 rings (SSSR count). The molecule has 0 radical (unpaired) electrons. The molecule has 0 bridgehead atoms. The molecule has 24 heavy (non-hydrogen) atoms. The van der Waals surface area contributed by atoms with Crippen LogP contribution < -0.4 is 5.32 Å². The molecule has 0 spiro atoms. The lowest BCUT2D eigenvalue weighted by atomic mass is 9.75. The normalized spacial score (nSPS) is 24.2. The van der Waals surface area contributed by atoms with Crippen LogP contribution in [0.15, 0.2) is 42.9 Å². The van der Waals surface area contributed by atoms with Crippen molar-refractivity contribution in [3.05, 3.63) is 54.1 Å². The first-order chi connectivity index (χ1) is 11.7. The maximum atomic E-state index is 12.8. The fourth-order valence-electron chi connectivity index (χ4n) is 3.57. The van der Waals surface area contributed by atoms with Crippen LogP contribution in [0, 0.1) is 5.92 Å². The summed E-state index contributed by atoms with van der Waals surface area (Å²) in [6, 6.07) is 8.35. The first-order valence-corrected chi connectivity index (χ1v) is 8.75. The van der Waals surface area contributed by atoms with Crippen LogP contribution in [0.2, 0.25) is 0 Å². The highest BCUT2D eigenvalue weighted by atomic mass is 16.3. The first kappa shape index (κ1) is 15.4. The van der Waals surface area contributed by atoms with Gasteiger partial charge in [-0.1, -0.05) is 0 Å². The van der Waals surface area contributed by atoms with Crippen LogP contribution >= 0.6 is 0 Å². The molecule has 126 valence electrons. The number of nitrogens with zero attached hydrogens (tertiary/aromatic N) is 2. The number of aliphatic hydroxyl groups excluding tert-OH is 1. The van der Waals surface area contributed by atoms with Gasteiger partial charge in [0.1, 0.15) is 5.69 Å². The Morgan fingerprint density at radius 1 is 1.29 bits per heavy atom. The van der Waals surface area contributed by atoms with Gasteiger partial charge in [-0.05, 0) is 67.9 Å². The van der Waals surface area contributed by atoms with Gasteiger partial charge in [-0.15, -0.1) is 0 Å². The summed E-state index contributed by atoms with van der Waals surface area (Å²) in [6.07, 6.45) is 9.95. The van der Waals surface area contributed by atoms with Crippen LogP contribution in [0.4, 0.5) is 0 Å². The van der Waals surface area contributed by atoms with Gasteiger partial charge >= 0.3 is 0 Å². The third-order valence-electron chi connectivity index (χ3n) is 5.19. The van der Waals surface area contributed by atoms with Gasteiger partial charge in [0.25, 0.3) is 5.91 Å². The van der Waals surface area contributed by atoms with Crippen LogP contribution in [-0.2, 0) is 6.42 Å². The maximum absolute atomic E-state index is 12.8. The number of carbonyl (C=O) groups excluding carboxylic acids is 1. The number of amides is 1. The minimum atomic E-state index is -0.220. The third kappa shape index (κ3) is 3.22. The van der Waals surface area contributed by atoms with E-state index in [2.05, 4.69) is 14.9 Å². The van der Waals surface area contributed by atoms with Crippen molar-refractivity contribution in [1.82, 2.24) is 14.9 Å². The molecule has 0 saturated heterocycles. The van der Waals surface area contributed by atoms with Crippen molar-refractivity contribution in [2.75, 3.05) is 0 Å². The van der Waals surface area contributed by atoms with E-state index in [1.807, 2.05) is 30.5 Å². The van der Waals surface area contributed by atoms with Gasteiger partial charge in [-0.2, -0.15) is 0 Å². The number of nitrogens with one attached hydrogen (secondary N) is 1. The number of hydrogen-bond donors (Lipinski definition) is 2. The molecule has 2 N–H and O–H groups in total. The number of aliphatic hydroxyl groups is 1. The van der Waals surface area contributed by atoms with Crippen molar-refractivity contribution in [3.8, 4) is 0 Å². The molecule has 2 aliphatic rings. The van der Waals surface area contributed by atoms with Gasteiger partial charge in [0.05, 0.1) is 6.10 Å². The van der Waals surface area contributed by atoms with E-state index in [4.69, 9.17) is 0 Å².